The Bertz CT molecular complexity index is 1080. The Morgan fingerprint density at radius 1 is 1.00 bits per heavy atom. The number of aromatic nitrogens is 1. The lowest BCUT2D eigenvalue weighted by molar-refractivity contribution is 0.221. The molecule has 2 aromatic carbocycles. The molecule has 5 heteroatoms. The molecule has 1 fully saturated rings. The van der Waals surface area contributed by atoms with Crippen LogP contribution in [0, 0.1) is 5.41 Å². The Balaban J connectivity index is 1.55. The number of nitrogens with zero attached hydrogens (tertiary/aromatic N) is 2. The third-order valence-corrected chi connectivity index (χ3v) is 5.73. The van der Waals surface area contributed by atoms with Gasteiger partial charge in [0.2, 0.25) is 0 Å². The number of nitrogen functional groups attached to an aromatic ring is 1. The number of pyridine rings is 1. The highest BCUT2D eigenvalue weighted by Crippen LogP contribution is 2.25. The first-order valence-corrected chi connectivity index (χ1v) is 10.8. The zero-order chi connectivity index (χ0) is 21.6. The lowest BCUT2D eigenvalue weighted by atomic mass is 9.98. The van der Waals surface area contributed by atoms with Crippen molar-refractivity contribution in [1.82, 2.24) is 9.88 Å². The number of likely N-dealkylation sites (tertiary alicyclic amines) is 1. The molecule has 0 unspecified atom stereocenters. The number of anilines is 1. The number of nitrogens with one attached hydrogen (secondary N) is 1. The normalized spacial score (nSPS) is 15.0. The van der Waals surface area contributed by atoms with E-state index in [0.29, 0.717) is 16.9 Å². The summed E-state index contributed by atoms with van der Waals surface area (Å²) in [4.78, 5) is 6.68. The van der Waals surface area contributed by atoms with E-state index >= 15 is 0 Å². The smallest absolute Gasteiger partial charge is 0.0862 e. The first-order chi connectivity index (χ1) is 15.1. The van der Waals surface area contributed by atoms with Crippen LogP contribution in [0.1, 0.15) is 36.0 Å². The predicted molar refractivity (Wildman–Crippen MR) is 129 cm³/mol. The van der Waals surface area contributed by atoms with Crippen molar-refractivity contribution in [1.29, 1.82) is 5.41 Å². The lowest BCUT2D eigenvalue weighted by Crippen LogP contribution is -2.29. The van der Waals surface area contributed by atoms with Gasteiger partial charge >= 0.3 is 0 Å². The summed E-state index contributed by atoms with van der Waals surface area (Å²) >= 11 is 0. The van der Waals surface area contributed by atoms with Crippen LogP contribution in [0.3, 0.4) is 0 Å². The number of hydrogen-bond acceptors (Lipinski definition) is 5. The van der Waals surface area contributed by atoms with E-state index in [-0.39, 0.29) is 5.71 Å². The first kappa shape index (κ1) is 20.8. The standard InChI is InChI=1S/C26H29N5/c27-24-10-9-21(22-8-5-11-30-17-22)16-23(24)26(29)25(28)15-19-6-4-7-20(14-19)18-31-12-2-1-3-13-31/h4-11,14-17,29H,1-3,12-13,18,27-28H2/b25-15-,29-26?. The van der Waals surface area contributed by atoms with E-state index in [4.69, 9.17) is 16.9 Å². The van der Waals surface area contributed by atoms with Crippen molar-refractivity contribution in [2.75, 3.05) is 18.8 Å². The third-order valence-electron chi connectivity index (χ3n) is 5.73. The summed E-state index contributed by atoms with van der Waals surface area (Å²) in [6.07, 6.45) is 9.30. The summed E-state index contributed by atoms with van der Waals surface area (Å²) in [6.45, 7) is 3.29. The van der Waals surface area contributed by atoms with E-state index in [0.717, 1.165) is 23.2 Å². The van der Waals surface area contributed by atoms with Gasteiger partial charge in [0.25, 0.3) is 0 Å². The second kappa shape index (κ2) is 9.58. The van der Waals surface area contributed by atoms with E-state index in [2.05, 4.69) is 28.1 Å². The molecule has 0 spiro atoms. The first-order valence-electron chi connectivity index (χ1n) is 10.8. The SMILES string of the molecule is N=C(/C(N)=C/c1cccc(CN2CCCCC2)c1)c1cc(-c2cccnc2)ccc1N. The van der Waals surface area contributed by atoms with E-state index < -0.39 is 0 Å². The zero-order valence-corrected chi connectivity index (χ0v) is 17.7. The Morgan fingerprint density at radius 3 is 2.61 bits per heavy atom. The Morgan fingerprint density at radius 2 is 1.84 bits per heavy atom. The van der Waals surface area contributed by atoms with Gasteiger partial charge in [0.1, 0.15) is 0 Å². The van der Waals surface area contributed by atoms with Crippen molar-refractivity contribution < 1.29 is 0 Å². The van der Waals surface area contributed by atoms with Crippen molar-refractivity contribution >= 4 is 17.5 Å². The van der Waals surface area contributed by atoms with Crippen LogP contribution in [-0.2, 0) is 6.54 Å². The minimum absolute atomic E-state index is 0.227. The van der Waals surface area contributed by atoms with Crippen LogP contribution in [0.4, 0.5) is 5.69 Å². The monoisotopic (exact) mass is 411 g/mol. The third kappa shape index (κ3) is 5.19. The largest absolute Gasteiger partial charge is 0.398 e. The van der Waals surface area contributed by atoms with Crippen LogP contribution in [0.2, 0.25) is 0 Å². The minimum atomic E-state index is 0.227. The summed E-state index contributed by atoms with van der Waals surface area (Å²) in [5, 5.41) is 8.65. The summed E-state index contributed by atoms with van der Waals surface area (Å²) in [7, 11) is 0. The lowest BCUT2D eigenvalue weighted by Gasteiger charge is -2.26. The molecule has 0 aliphatic carbocycles. The average Bonchev–Trinajstić information content (AvgIpc) is 2.80. The molecule has 0 atom stereocenters. The molecule has 4 rings (SSSR count). The molecule has 0 radical (unpaired) electrons. The molecule has 2 heterocycles. The van der Waals surface area contributed by atoms with Crippen molar-refractivity contribution in [3.63, 3.8) is 0 Å². The summed E-state index contributed by atoms with van der Waals surface area (Å²) in [6, 6.07) is 17.9. The molecule has 1 aliphatic heterocycles. The predicted octanol–water partition coefficient (Wildman–Crippen LogP) is 4.68. The van der Waals surface area contributed by atoms with E-state index in [9.17, 15) is 0 Å². The fourth-order valence-electron chi connectivity index (χ4n) is 4.05. The van der Waals surface area contributed by atoms with Crippen LogP contribution in [-0.4, -0.2) is 28.7 Å². The Labute approximate surface area is 183 Å². The van der Waals surface area contributed by atoms with Crippen LogP contribution in [0.15, 0.2) is 72.7 Å². The number of hydrogen-bond donors (Lipinski definition) is 3. The van der Waals surface area contributed by atoms with Gasteiger partial charge in [-0.1, -0.05) is 42.8 Å². The van der Waals surface area contributed by atoms with E-state index in [1.807, 2.05) is 42.5 Å². The molecule has 0 saturated carbocycles. The van der Waals surface area contributed by atoms with Gasteiger partial charge in [-0.2, -0.15) is 0 Å². The van der Waals surface area contributed by atoms with Crippen LogP contribution < -0.4 is 11.5 Å². The van der Waals surface area contributed by atoms with Gasteiger partial charge in [0.05, 0.1) is 11.4 Å². The zero-order valence-electron chi connectivity index (χ0n) is 17.7. The Hall–Kier alpha value is -3.44. The molecule has 0 bridgehead atoms. The molecule has 3 aromatic rings. The molecule has 0 amide bonds. The van der Waals surface area contributed by atoms with Crippen molar-refractivity contribution in [3.8, 4) is 11.1 Å². The molecule has 31 heavy (non-hydrogen) atoms. The molecule has 158 valence electrons. The summed E-state index contributed by atoms with van der Waals surface area (Å²) in [5.74, 6) is 0. The minimum Gasteiger partial charge on any atom is -0.398 e. The highest BCUT2D eigenvalue weighted by atomic mass is 15.1. The molecule has 5 nitrogen and oxygen atoms in total. The fraction of sp³-hybridized carbons (Fsp3) is 0.231. The second-order valence-electron chi connectivity index (χ2n) is 8.10. The van der Waals surface area contributed by atoms with Crippen molar-refractivity contribution in [2.45, 2.75) is 25.8 Å². The van der Waals surface area contributed by atoms with Gasteiger partial charge < -0.3 is 11.5 Å². The highest BCUT2D eigenvalue weighted by Gasteiger charge is 2.12. The number of rotatable bonds is 6. The second-order valence-corrected chi connectivity index (χ2v) is 8.10. The average molecular weight is 412 g/mol. The van der Waals surface area contributed by atoms with E-state index in [1.54, 1.807) is 12.4 Å². The van der Waals surface area contributed by atoms with Crippen molar-refractivity contribution in [3.05, 3.63) is 89.4 Å². The fourth-order valence-corrected chi connectivity index (χ4v) is 4.05. The molecule has 1 aromatic heterocycles. The molecular weight excluding hydrogens is 382 g/mol. The maximum Gasteiger partial charge on any atom is 0.0862 e. The summed E-state index contributed by atoms with van der Waals surface area (Å²) < 4.78 is 0. The topological polar surface area (TPSA) is 92.0 Å². The molecular formula is C26H29N5. The maximum atomic E-state index is 8.65. The van der Waals surface area contributed by atoms with Gasteiger partial charge in [-0.25, -0.2) is 0 Å². The van der Waals surface area contributed by atoms with Gasteiger partial charge in [-0.15, -0.1) is 0 Å². The summed E-state index contributed by atoms with van der Waals surface area (Å²) in [5.41, 5.74) is 18.5. The number of piperidine rings is 1. The Kier molecular flexibility index (Phi) is 6.43. The number of nitrogens with two attached hydrogens (primary N) is 2. The van der Waals surface area contributed by atoms with Crippen LogP contribution in [0.5, 0.6) is 0 Å². The van der Waals surface area contributed by atoms with Crippen molar-refractivity contribution in [2.24, 2.45) is 5.73 Å². The van der Waals surface area contributed by atoms with Gasteiger partial charge in [-0.05, 0) is 66.9 Å². The maximum absolute atomic E-state index is 8.65. The molecule has 5 N–H and O–H groups in total. The number of benzene rings is 2. The quantitative estimate of drug-likeness (QED) is 0.405. The van der Waals surface area contributed by atoms with E-state index in [1.165, 1.54) is 37.9 Å². The van der Waals surface area contributed by atoms with Gasteiger partial charge in [0.15, 0.2) is 0 Å². The number of allylic oxidation sites excluding steroid dienone is 1. The molecule has 1 saturated heterocycles. The van der Waals surface area contributed by atoms with Crippen LogP contribution >= 0.6 is 0 Å². The molecule has 1 aliphatic rings. The van der Waals surface area contributed by atoms with Gasteiger partial charge in [0, 0.05) is 35.8 Å². The van der Waals surface area contributed by atoms with Gasteiger partial charge in [-0.3, -0.25) is 15.3 Å². The van der Waals surface area contributed by atoms with Crippen LogP contribution in [0.25, 0.3) is 17.2 Å². The highest BCUT2D eigenvalue weighted by molar-refractivity contribution is 6.15.